The zero-order valence-electron chi connectivity index (χ0n) is 11.9. The fourth-order valence-electron chi connectivity index (χ4n) is 2.74. The molecule has 1 unspecified atom stereocenters. The molecule has 2 N–H and O–H groups in total. The Hall–Kier alpha value is -0.780. The van der Waals surface area contributed by atoms with Crippen LogP contribution in [0.5, 0.6) is 0 Å². The van der Waals surface area contributed by atoms with Crippen LogP contribution in [0.4, 0.5) is 5.69 Å². The highest BCUT2D eigenvalue weighted by Crippen LogP contribution is 2.31. The molecule has 4 nitrogen and oxygen atoms in total. The van der Waals surface area contributed by atoms with Crippen molar-refractivity contribution in [1.82, 2.24) is 4.31 Å². The lowest BCUT2D eigenvalue weighted by Crippen LogP contribution is -2.29. The fourth-order valence-corrected chi connectivity index (χ4v) is 4.74. The summed E-state index contributed by atoms with van der Waals surface area (Å²) in [5.41, 5.74) is 6.69. The highest BCUT2D eigenvalue weighted by atomic mass is 35.5. The number of halogens is 1. The third kappa shape index (κ3) is 2.95. The first-order valence-electron chi connectivity index (χ1n) is 6.92. The highest BCUT2D eigenvalue weighted by molar-refractivity contribution is 7.89. The number of aryl methyl sites for hydroxylation is 1. The SMILES string of the molecule is CCCC1CCN(S(=O)(=O)c2cc(N)c(Cl)cc2C)C1. The van der Waals surface area contributed by atoms with E-state index >= 15 is 0 Å². The maximum atomic E-state index is 12.7. The molecule has 6 heteroatoms. The Bertz CT molecular complexity index is 601. The smallest absolute Gasteiger partial charge is 0.243 e. The Kier molecular flexibility index (Phi) is 4.62. The predicted molar refractivity (Wildman–Crippen MR) is 82.4 cm³/mol. The molecule has 1 heterocycles. The first-order valence-corrected chi connectivity index (χ1v) is 8.73. The van der Waals surface area contributed by atoms with E-state index in [9.17, 15) is 8.42 Å². The van der Waals surface area contributed by atoms with Crippen molar-refractivity contribution in [2.45, 2.75) is 38.0 Å². The van der Waals surface area contributed by atoms with E-state index in [4.69, 9.17) is 17.3 Å². The molecule has 0 amide bonds. The number of nitrogens with two attached hydrogens (primary N) is 1. The van der Waals surface area contributed by atoms with Crippen molar-refractivity contribution in [3.8, 4) is 0 Å². The number of benzene rings is 1. The zero-order valence-corrected chi connectivity index (χ0v) is 13.5. The molecule has 0 saturated carbocycles. The summed E-state index contributed by atoms with van der Waals surface area (Å²) in [5.74, 6) is 0.472. The van der Waals surface area contributed by atoms with Crippen molar-refractivity contribution in [2.75, 3.05) is 18.8 Å². The van der Waals surface area contributed by atoms with Crippen LogP contribution in [0.25, 0.3) is 0 Å². The highest BCUT2D eigenvalue weighted by Gasteiger charge is 2.33. The van der Waals surface area contributed by atoms with Gasteiger partial charge in [-0.1, -0.05) is 24.9 Å². The van der Waals surface area contributed by atoms with Crippen LogP contribution in [0.15, 0.2) is 17.0 Å². The third-order valence-corrected chi connectivity index (χ3v) is 6.19. The molecule has 2 rings (SSSR count). The van der Waals surface area contributed by atoms with E-state index in [1.54, 1.807) is 17.3 Å². The lowest BCUT2D eigenvalue weighted by atomic mass is 10.0. The monoisotopic (exact) mass is 316 g/mol. The molecular formula is C14H21ClN2O2S. The average molecular weight is 317 g/mol. The van der Waals surface area contributed by atoms with E-state index in [-0.39, 0.29) is 4.90 Å². The number of rotatable bonds is 4. The minimum absolute atomic E-state index is 0.275. The predicted octanol–water partition coefficient (Wildman–Crippen LogP) is 3.04. The first kappa shape index (κ1) is 15.6. The van der Waals surface area contributed by atoms with Gasteiger partial charge in [-0.05, 0) is 43.4 Å². The van der Waals surface area contributed by atoms with Gasteiger partial charge < -0.3 is 5.73 Å². The molecule has 0 aliphatic carbocycles. The molecule has 0 bridgehead atoms. The standard InChI is InChI=1S/C14H21ClN2O2S/c1-3-4-11-5-6-17(9-11)20(18,19)14-8-13(16)12(15)7-10(14)2/h7-8,11H,3-6,9,16H2,1-2H3. The molecule has 1 aromatic carbocycles. The number of hydrogen-bond donors (Lipinski definition) is 1. The zero-order chi connectivity index (χ0) is 14.9. The number of nitrogens with zero attached hydrogens (tertiary/aromatic N) is 1. The molecule has 1 fully saturated rings. The summed E-state index contributed by atoms with van der Waals surface area (Å²) in [4.78, 5) is 0.275. The normalized spacial score (nSPS) is 20.4. The van der Waals surface area contributed by atoms with Crippen LogP contribution in [0, 0.1) is 12.8 Å². The third-order valence-electron chi connectivity index (χ3n) is 3.86. The molecule has 1 atom stereocenters. The molecule has 1 saturated heterocycles. The van der Waals surface area contributed by atoms with Gasteiger partial charge in [-0.15, -0.1) is 0 Å². The Labute approximate surface area is 126 Å². The van der Waals surface area contributed by atoms with Crippen molar-refractivity contribution in [2.24, 2.45) is 5.92 Å². The summed E-state index contributed by atoms with van der Waals surface area (Å²) >= 11 is 5.93. The summed E-state index contributed by atoms with van der Waals surface area (Å²) in [6, 6.07) is 3.09. The summed E-state index contributed by atoms with van der Waals surface area (Å²) < 4.78 is 27.0. The molecule has 1 aliphatic heterocycles. The Morgan fingerprint density at radius 3 is 2.80 bits per heavy atom. The number of sulfonamides is 1. The average Bonchev–Trinajstić information content (AvgIpc) is 2.83. The number of anilines is 1. The van der Waals surface area contributed by atoms with E-state index in [0.717, 1.165) is 19.3 Å². The van der Waals surface area contributed by atoms with Crippen molar-refractivity contribution in [3.63, 3.8) is 0 Å². The summed E-state index contributed by atoms with van der Waals surface area (Å²) in [5, 5.41) is 0.395. The number of hydrogen-bond acceptors (Lipinski definition) is 3. The second kappa shape index (κ2) is 5.92. The van der Waals surface area contributed by atoms with Crippen molar-refractivity contribution < 1.29 is 8.42 Å². The van der Waals surface area contributed by atoms with E-state index in [1.807, 2.05) is 0 Å². The van der Waals surface area contributed by atoms with Crippen molar-refractivity contribution >= 4 is 27.3 Å². The first-order chi connectivity index (χ1) is 9.36. The fraction of sp³-hybridized carbons (Fsp3) is 0.571. The maximum Gasteiger partial charge on any atom is 0.243 e. The number of nitrogen functional groups attached to an aromatic ring is 1. The quantitative estimate of drug-likeness (QED) is 0.868. The Morgan fingerprint density at radius 2 is 2.15 bits per heavy atom. The van der Waals surface area contributed by atoms with E-state index < -0.39 is 10.0 Å². The summed E-state index contributed by atoms with van der Waals surface area (Å²) in [6.45, 7) is 5.08. The van der Waals surface area contributed by atoms with Crippen LogP contribution >= 0.6 is 11.6 Å². The topological polar surface area (TPSA) is 63.4 Å². The molecule has 0 radical (unpaired) electrons. The van der Waals surface area contributed by atoms with Gasteiger partial charge in [0.25, 0.3) is 0 Å². The van der Waals surface area contributed by atoms with Crippen molar-refractivity contribution in [3.05, 3.63) is 22.7 Å². The lowest BCUT2D eigenvalue weighted by molar-refractivity contribution is 0.444. The van der Waals surface area contributed by atoms with Crippen LogP contribution in [0.3, 0.4) is 0 Å². The largest absolute Gasteiger partial charge is 0.397 e. The van der Waals surface area contributed by atoms with Crippen LogP contribution in [-0.2, 0) is 10.0 Å². The van der Waals surface area contributed by atoms with Gasteiger partial charge in [-0.3, -0.25) is 0 Å². The minimum atomic E-state index is -3.47. The molecule has 0 aromatic heterocycles. The lowest BCUT2D eigenvalue weighted by Gasteiger charge is -2.18. The molecule has 1 aliphatic rings. The Morgan fingerprint density at radius 1 is 1.45 bits per heavy atom. The second-order valence-electron chi connectivity index (χ2n) is 5.45. The Balaban J connectivity index is 2.30. The van der Waals surface area contributed by atoms with Crippen LogP contribution in [-0.4, -0.2) is 25.8 Å². The van der Waals surface area contributed by atoms with Crippen LogP contribution in [0.2, 0.25) is 5.02 Å². The van der Waals surface area contributed by atoms with Gasteiger partial charge in [0.15, 0.2) is 0 Å². The van der Waals surface area contributed by atoms with Gasteiger partial charge in [-0.25, -0.2) is 8.42 Å². The van der Waals surface area contributed by atoms with Crippen molar-refractivity contribution in [1.29, 1.82) is 0 Å². The minimum Gasteiger partial charge on any atom is -0.397 e. The molecular weight excluding hydrogens is 296 g/mol. The van der Waals surface area contributed by atoms with Crippen LogP contribution < -0.4 is 5.73 Å². The van der Waals surface area contributed by atoms with Gasteiger partial charge >= 0.3 is 0 Å². The van der Waals surface area contributed by atoms with Gasteiger partial charge in [0.05, 0.1) is 15.6 Å². The molecule has 0 spiro atoms. The van der Waals surface area contributed by atoms with Gasteiger partial charge in [0.2, 0.25) is 10.0 Å². The maximum absolute atomic E-state index is 12.7. The second-order valence-corrected chi connectivity index (χ2v) is 7.76. The van der Waals surface area contributed by atoms with Gasteiger partial charge in [0, 0.05) is 13.1 Å². The van der Waals surface area contributed by atoms with E-state index in [2.05, 4.69) is 6.92 Å². The van der Waals surface area contributed by atoms with E-state index in [0.29, 0.717) is 35.3 Å². The van der Waals surface area contributed by atoms with Gasteiger partial charge in [0.1, 0.15) is 0 Å². The molecule has 20 heavy (non-hydrogen) atoms. The summed E-state index contributed by atoms with van der Waals surface area (Å²) in [7, 11) is -3.47. The van der Waals surface area contributed by atoms with Gasteiger partial charge in [-0.2, -0.15) is 4.31 Å². The van der Waals surface area contributed by atoms with E-state index in [1.165, 1.54) is 6.07 Å². The summed E-state index contributed by atoms with van der Waals surface area (Å²) in [6.07, 6.45) is 3.11. The molecule has 1 aromatic rings. The van der Waals surface area contributed by atoms with Crippen LogP contribution in [0.1, 0.15) is 31.7 Å². The molecule has 112 valence electrons.